The number of hydrogen-bond donors (Lipinski definition) is 0. The molecule has 0 heterocycles. The summed E-state index contributed by atoms with van der Waals surface area (Å²) in [5, 5.41) is 0.493. The monoisotopic (exact) mass is 240 g/mol. The molecule has 0 aliphatic carbocycles. The summed E-state index contributed by atoms with van der Waals surface area (Å²) in [7, 11) is 3.36. The van der Waals surface area contributed by atoms with Crippen LogP contribution >= 0.6 is 11.6 Å². The van der Waals surface area contributed by atoms with Crippen LogP contribution in [-0.2, 0) is 15.9 Å². The predicted octanol–water partition coefficient (Wildman–Crippen LogP) is 1.41. The van der Waals surface area contributed by atoms with E-state index in [9.17, 15) is 4.79 Å². The van der Waals surface area contributed by atoms with Gasteiger partial charge in [0.05, 0.1) is 12.1 Å². The van der Waals surface area contributed by atoms with Crippen LogP contribution in [0.2, 0.25) is 5.02 Å². The molecule has 0 unspecified atom stereocenters. The normalized spacial score (nSPS) is 11.9. The second-order valence-corrected chi connectivity index (χ2v) is 3.81. The van der Waals surface area contributed by atoms with Crippen LogP contribution in [0.4, 0.5) is 0 Å². The summed E-state index contributed by atoms with van der Waals surface area (Å²) in [5.74, 6) is 0.0943. The summed E-state index contributed by atoms with van der Waals surface area (Å²) in [5.41, 5.74) is 1.11. The number of carbonyl (C=O) groups is 1. The molecule has 0 radical (unpaired) electrons. The van der Waals surface area contributed by atoms with Crippen molar-refractivity contribution in [2.75, 3.05) is 7.11 Å². The molecule has 0 aromatic heterocycles. The second-order valence-electron chi connectivity index (χ2n) is 3.40. The SMILES string of the molecule is BCc1ccc(Cl)c(O[C@@H](C)C(=O)OC)c1. The van der Waals surface area contributed by atoms with Crippen molar-refractivity contribution in [1.82, 2.24) is 0 Å². The molecule has 0 aliphatic rings. The van der Waals surface area contributed by atoms with E-state index in [1.165, 1.54) is 7.11 Å². The maximum absolute atomic E-state index is 11.2. The van der Waals surface area contributed by atoms with Gasteiger partial charge in [0, 0.05) is 0 Å². The van der Waals surface area contributed by atoms with E-state index in [-0.39, 0.29) is 0 Å². The maximum Gasteiger partial charge on any atom is 0.346 e. The van der Waals surface area contributed by atoms with Gasteiger partial charge in [-0.1, -0.05) is 29.6 Å². The number of ether oxygens (including phenoxy) is 2. The summed E-state index contributed by atoms with van der Waals surface area (Å²) in [6.07, 6.45) is 0.231. The van der Waals surface area contributed by atoms with Crippen molar-refractivity contribution in [2.24, 2.45) is 0 Å². The molecule has 0 amide bonds. The van der Waals surface area contributed by atoms with Crippen molar-refractivity contribution in [3.63, 3.8) is 0 Å². The van der Waals surface area contributed by atoms with E-state index in [0.717, 1.165) is 11.9 Å². The van der Waals surface area contributed by atoms with Crippen molar-refractivity contribution in [3.05, 3.63) is 28.8 Å². The average Bonchev–Trinajstić information content (AvgIpc) is 2.30. The molecule has 1 aromatic carbocycles. The van der Waals surface area contributed by atoms with E-state index >= 15 is 0 Å². The Kier molecular flexibility index (Phi) is 4.68. The fraction of sp³-hybridized carbons (Fsp3) is 0.364. The molecule has 1 rings (SSSR count). The van der Waals surface area contributed by atoms with Gasteiger partial charge >= 0.3 is 5.97 Å². The third-order valence-electron chi connectivity index (χ3n) is 2.24. The highest BCUT2D eigenvalue weighted by atomic mass is 35.5. The molecule has 16 heavy (non-hydrogen) atoms. The number of esters is 1. The minimum Gasteiger partial charge on any atom is -0.477 e. The quantitative estimate of drug-likeness (QED) is 0.590. The summed E-state index contributed by atoms with van der Waals surface area (Å²) in [6, 6.07) is 5.53. The molecular formula is C11H14BClO3. The smallest absolute Gasteiger partial charge is 0.346 e. The van der Waals surface area contributed by atoms with Gasteiger partial charge in [0.2, 0.25) is 0 Å². The van der Waals surface area contributed by atoms with Crippen molar-refractivity contribution >= 4 is 25.4 Å². The highest BCUT2D eigenvalue weighted by Gasteiger charge is 2.16. The molecule has 0 N–H and O–H groups in total. The first kappa shape index (κ1) is 12.9. The van der Waals surface area contributed by atoms with Crippen LogP contribution in [-0.4, -0.2) is 27.0 Å². The minimum absolute atomic E-state index is 0.419. The van der Waals surface area contributed by atoms with Crippen LogP contribution in [0, 0.1) is 0 Å². The van der Waals surface area contributed by atoms with Gasteiger partial charge in [-0.25, -0.2) is 4.79 Å². The fourth-order valence-corrected chi connectivity index (χ4v) is 1.42. The second kappa shape index (κ2) is 5.80. The van der Waals surface area contributed by atoms with Gasteiger partial charge in [0.1, 0.15) is 13.6 Å². The van der Waals surface area contributed by atoms with Gasteiger partial charge in [-0.2, -0.15) is 0 Å². The van der Waals surface area contributed by atoms with E-state index in [0.29, 0.717) is 10.8 Å². The number of methoxy groups -OCH3 is 1. The molecule has 1 atom stereocenters. The highest BCUT2D eigenvalue weighted by molar-refractivity contribution is 6.32. The molecule has 1 aromatic rings. The molecule has 0 bridgehead atoms. The first-order chi connectivity index (χ1) is 7.58. The predicted molar refractivity (Wildman–Crippen MR) is 65.8 cm³/mol. The Hall–Kier alpha value is -1.16. The lowest BCUT2D eigenvalue weighted by Crippen LogP contribution is -2.25. The number of benzene rings is 1. The van der Waals surface area contributed by atoms with Crippen LogP contribution in [0.15, 0.2) is 18.2 Å². The Balaban J connectivity index is 2.83. The third-order valence-corrected chi connectivity index (χ3v) is 2.55. The summed E-state index contributed by atoms with van der Waals surface area (Å²) in [4.78, 5) is 11.2. The Morgan fingerprint density at radius 1 is 1.56 bits per heavy atom. The van der Waals surface area contributed by atoms with Gasteiger partial charge in [0.25, 0.3) is 0 Å². The van der Waals surface area contributed by atoms with Crippen LogP contribution in [0.1, 0.15) is 12.5 Å². The Morgan fingerprint density at radius 3 is 2.81 bits per heavy atom. The standard InChI is InChI=1S/C11H14BClO3/c1-7(11(14)15-2)16-10-5-8(6-12)3-4-9(10)13/h3-5,7H,6,12H2,1-2H3/t7-/m0/s1. The summed E-state index contributed by atoms with van der Waals surface area (Å²) < 4.78 is 10.0. The molecule has 0 saturated carbocycles. The van der Waals surface area contributed by atoms with Crippen molar-refractivity contribution in [1.29, 1.82) is 0 Å². The number of hydrogen-bond acceptors (Lipinski definition) is 3. The first-order valence-corrected chi connectivity index (χ1v) is 5.49. The molecule has 0 saturated heterocycles. The topological polar surface area (TPSA) is 35.5 Å². The van der Waals surface area contributed by atoms with Crippen molar-refractivity contribution in [3.8, 4) is 5.75 Å². The van der Waals surface area contributed by atoms with Gasteiger partial charge in [-0.3, -0.25) is 0 Å². The Labute approximate surface area is 101 Å². The van der Waals surface area contributed by atoms with E-state index < -0.39 is 12.1 Å². The summed E-state index contributed by atoms with van der Waals surface area (Å²) in [6.45, 7) is 1.63. The van der Waals surface area contributed by atoms with Gasteiger partial charge in [-0.15, -0.1) is 0 Å². The molecule has 3 nitrogen and oxygen atoms in total. The van der Waals surface area contributed by atoms with Crippen LogP contribution < -0.4 is 4.74 Å². The number of carbonyl (C=O) groups excluding carboxylic acids is 1. The third kappa shape index (κ3) is 3.17. The lowest BCUT2D eigenvalue weighted by molar-refractivity contribution is -0.147. The van der Waals surface area contributed by atoms with Crippen molar-refractivity contribution in [2.45, 2.75) is 19.3 Å². The van der Waals surface area contributed by atoms with E-state index in [1.807, 2.05) is 20.0 Å². The minimum atomic E-state index is -0.658. The zero-order valence-electron chi connectivity index (χ0n) is 9.62. The van der Waals surface area contributed by atoms with Gasteiger partial charge in [-0.05, 0) is 19.1 Å². The number of halogens is 1. The molecule has 0 spiro atoms. The summed E-state index contributed by atoms with van der Waals surface area (Å²) >= 11 is 5.97. The van der Waals surface area contributed by atoms with Crippen LogP contribution in [0.5, 0.6) is 5.75 Å². The molecule has 5 heteroatoms. The zero-order chi connectivity index (χ0) is 12.1. The Morgan fingerprint density at radius 2 is 2.25 bits per heavy atom. The maximum atomic E-state index is 11.2. The van der Waals surface area contributed by atoms with Gasteiger partial charge < -0.3 is 9.47 Å². The Bertz CT molecular complexity index is 381. The fourth-order valence-electron chi connectivity index (χ4n) is 1.26. The van der Waals surface area contributed by atoms with Crippen LogP contribution in [0.25, 0.3) is 0 Å². The average molecular weight is 240 g/mol. The van der Waals surface area contributed by atoms with Crippen LogP contribution in [0.3, 0.4) is 0 Å². The largest absolute Gasteiger partial charge is 0.477 e. The lowest BCUT2D eigenvalue weighted by Gasteiger charge is -2.14. The van der Waals surface area contributed by atoms with E-state index in [2.05, 4.69) is 4.74 Å². The zero-order valence-corrected chi connectivity index (χ0v) is 10.4. The molecule has 0 fully saturated rings. The van der Waals surface area contributed by atoms with Crippen molar-refractivity contribution < 1.29 is 14.3 Å². The first-order valence-electron chi connectivity index (χ1n) is 5.11. The van der Waals surface area contributed by atoms with Gasteiger partial charge in [0.15, 0.2) is 6.10 Å². The molecule has 86 valence electrons. The highest BCUT2D eigenvalue weighted by Crippen LogP contribution is 2.26. The van der Waals surface area contributed by atoms with E-state index in [1.54, 1.807) is 13.0 Å². The molecule has 0 aliphatic heterocycles. The number of rotatable bonds is 4. The lowest BCUT2D eigenvalue weighted by atomic mass is 9.97. The van der Waals surface area contributed by atoms with E-state index in [4.69, 9.17) is 16.3 Å². The molecular weight excluding hydrogens is 226 g/mol.